The van der Waals surface area contributed by atoms with E-state index in [4.69, 9.17) is 0 Å². The molecule has 0 aliphatic heterocycles. The molecule has 0 spiro atoms. The summed E-state index contributed by atoms with van der Waals surface area (Å²) in [7, 11) is -3.84. The average Bonchev–Trinajstić information content (AvgIpc) is 3.19. The Hall–Kier alpha value is -3.20. The van der Waals surface area contributed by atoms with Crippen LogP contribution in [-0.4, -0.2) is 36.7 Å². The second-order valence-electron chi connectivity index (χ2n) is 6.10. The zero-order chi connectivity index (χ0) is 20.1. The molecule has 9 heteroatoms. The van der Waals surface area contributed by atoms with E-state index in [0.29, 0.717) is 0 Å². The van der Waals surface area contributed by atoms with Gasteiger partial charge in [-0.25, -0.2) is 17.8 Å². The molecule has 2 aromatic carbocycles. The Morgan fingerprint density at radius 1 is 1.18 bits per heavy atom. The van der Waals surface area contributed by atoms with Crippen LogP contribution in [0, 0.1) is 5.82 Å². The quantitative estimate of drug-likeness (QED) is 0.656. The van der Waals surface area contributed by atoms with Crippen LogP contribution in [0.3, 0.4) is 0 Å². The summed E-state index contributed by atoms with van der Waals surface area (Å²) >= 11 is 0. The van der Waals surface area contributed by atoms with Gasteiger partial charge in [-0.05, 0) is 23.8 Å². The van der Waals surface area contributed by atoms with Crippen molar-refractivity contribution in [2.45, 2.75) is 6.54 Å². The molecule has 0 fully saturated rings. The maximum atomic E-state index is 14.0. The highest BCUT2D eigenvalue weighted by atomic mass is 32.2. The lowest BCUT2D eigenvalue weighted by Gasteiger charge is -2.22. The van der Waals surface area contributed by atoms with Crippen LogP contribution in [0.2, 0.25) is 0 Å². The molecule has 28 heavy (non-hydrogen) atoms. The van der Waals surface area contributed by atoms with Gasteiger partial charge >= 0.3 is 0 Å². The van der Waals surface area contributed by atoms with E-state index < -0.39 is 28.3 Å². The van der Waals surface area contributed by atoms with Gasteiger partial charge in [0.2, 0.25) is 15.9 Å². The van der Waals surface area contributed by atoms with Crippen molar-refractivity contribution in [2.75, 3.05) is 17.1 Å². The molecular weight excluding hydrogens is 383 g/mol. The van der Waals surface area contributed by atoms with Crippen LogP contribution in [0.15, 0.2) is 67.3 Å². The number of anilines is 1. The standard InChI is InChI=1S/C19H19FN4O3S/c1-28(26,27)24(18-9-5-3-7-16(18)20)13-19(25)22-12-15-6-2-4-8-17(15)23-11-10-21-14-23/h2-11,14H,12-13H2,1H3,(H,22,25). The molecular formula is C19H19FN4O3S. The summed E-state index contributed by atoms with van der Waals surface area (Å²) < 4.78 is 40.7. The number of rotatable bonds is 7. The van der Waals surface area contributed by atoms with Gasteiger partial charge in [0.05, 0.1) is 24.0 Å². The number of hydrogen-bond donors (Lipinski definition) is 1. The second kappa shape index (κ2) is 8.22. The van der Waals surface area contributed by atoms with Crippen molar-refractivity contribution in [2.24, 2.45) is 0 Å². The molecule has 0 aliphatic carbocycles. The Morgan fingerprint density at radius 3 is 2.57 bits per heavy atom. The molecule has 7 nitrogen and oxygen atoms in total. The maximum absolute atomic E-state index is 14.0. The van der Waals surface area contributed by atoms with E-state index in [1.54, 1.807) is 18.7 Å². The number of benzene rings is 2. The van der Waals surface area contributed by atoms with Crippen LogP contribution in [0.5, 0.6) is 0 Å². The lowest BCUT2D eigenvalue weighted by molar-refractivity contribution is -0.119. The largest absolute Gasteiger partial charge is 0.350 e. The molecule has 1 heterocycles. The number of hydrogen-bond acceptors (Lipinski definition) is 4. The minimum atomic E-state index is -3.84. The highest BCUT2D eigenvalue weighted by Gasteiger charge is 2.23. The van der Waals surface area contributed by atoms with Crippen LogP contribution < -0.4 is 9.62 Å². The van der Waals surface area contributed by atoms with Crippen LogP contribution in [-0.2, 0) is 21.4 Å². The number of aromatic nitrogens is 2. The summed E-state index contributed by atoms with van der Waals surface area (Å²) in [6, 6.07) is 12.9. The molecule has 146 valence electrons. The molecule has 0 radical (unpaired) electrons. The van der Waals surface area contributed by atoms with Gasteiger partial charge < -0.3 is 9.88 Å². The molecule has 0 saturated heterocycles. The summed E-state index contributed by atoms with van der Waals surface area (Å²) in [5.74, 6) is -1.26. The summed E-state index contributed by atoms with van der Waals surface area (Å²) in [5, 5.41) is 2.69. The van der Waals surface area contributed by atoms with E-state index in [1.165, 1.54) is 18.2 Å². The van der Waals surface area contributed by atoms with Gasteiger partial charge in [-0.1, -0.05) is 30.3 Å². The summed E-state index contributed by atoms with van der Waals surface area (Å²) in [4.78, 5) is 16.4. The smallest absolute Gasteiger partial charge is 0.241 e. The Labute approximate surface area is 162 Å². The van der Waals surface area contributed by atoms with Crippen LogP contribution in [0.25, 0.3) is 5.69 Å². The van der Waals surface area contributed by atoms with Crippen LogP contribution in [0.4, 0.5) is 10.1 Å². The Kier molecular flexibility index (Phi) is 5.74. The molecule has 1 amide bonds. The van der Waals surface area contributed by atoms with Crippen molar-refractivity contribution in [3.8, 4) is 5.69 Å². The zero-order valence-corrected chi connectivity index (χ0v) is 15.9. The number of nitrogens with zero attached hydrogens (tertiary/aromatic N) is 3. The van der Waals surface area contributed by atoms with Crippen molar-refractivity contribution in [1.29, 1.82) is 0 Å². The van der Waals surface area contributed by atoms with E-state index in [1.807, 2.05) is 28.8 Å². The number of para-hydroxylation sites is 2. The van der Waals surface area contributed by atoms with Gasteiger partial charge in [0.1, 0.15) is 12.4 Å². The predicted molar refractivity (Wildman–Crippen MR) is 104 cm³/mol. The number of sulfonamides is 1. The fourth-order valence-corrected chi connectivity index (χ4v) is 3.59. The molecule has 0 aliphatic rings. The Bertz CT molecular complexity index is 1070. The minimum Gasteiger partial charge on any atom is -0.350 e. The maximum Gasteiger partial charge on any atom is 0.241 e. The molecule has 0 unspecified atom stereocenters. The van der Waals surface area contributed by atoms with E-state index in [-0.39, 0.29) is 12.2 Å². The molecule has 0 bridgehead atoms. The van der Waals surface area contributed by atoms with Gasteiger partial charge in [0.15, 0.2) is 0 Å². The fourth-order valence-electron chi connectivity index (χ4n) is 2.73. The fraction of sp³-hybridized carbons (Fsp3) is 0.158. The number of carbonyl (C=O) groups excluding carboxylic acids is 1. The van der Waals surface area contributed by atoms with E-state index in [0.717, 1.165) is 27.9 Å². The van der Waals surface area contributed by atoms with Gasteiger partial charge in [-0.15, -0.1) is 0 Å². The number of amides is 1. The zero-order valence-electron chi connectivity index (χ0n) is 15.1. The second-order valence-corrected chi connectivity index (χ2v) is 8.00. The molecule has 3 aromatic rings. The topological polar surface area (TPSA) is 84.3 Å². The van der Waals surface area contributed by atoms with Gasteiger partial charge in [-0.3, -0.25) is 9.10 Å². The van der Waals surface area contributed by atoms with E-state index in [2.05, 4.69) is 10.3 Å². The molecule has 0 saturated carbocycles. The predicted octanol–water partition coefficient (Wildman–Crippen LogP) is 2.09. The van der Waals surface area contributed by atoms with E-state index in [9.17, 15) is 17.6 Å². The van der Waals surface area contributed by atoms with E-state index >= 15 is 0 Å². The molecule has 3 rings (SSSR count). The lowest BCUT2D eigenvalue weighted by Crippen LogP contribution is -2.40. The number of carbonyl (C=O) groups is 1. The normalized spacial score (nSPS) is 11.2. The first-order valence-corrected chi connectivity index (χ1v) is 10.3. The van der Waals surface area contributed by atoms with Crippen molar-refractivity contribution >= 4 is 21.6 Å². The monoisotopic (exact) mass is 402 g/mol. The number of nitrogens with one attached hydrogen (secondary N) is 1. The highest BCUT2D eigenvalue weighted by Crippen LogP contribution is 2.21. The van der Waals surface area contributed by atoms with Crippen molar-refractivity contribution in [1.82, 2.24) is 14.9 Å². The highest BCUT2D eigenvalue weighted by molar-refractivity contribution is 7.92. The minimum absolute atomic E-state index is 0.168. The summed E-state index contributed by atoms with van der Waals surface area (Å²) in [6.07, 6.45) is 6.00. The van der Waals surface area contributed by atoms with Crippen LogP contribution >= 0.6 is 0 Å². The Balaban J connectivity index is 1.74. The average molecular weight is 402 g/mol. The van der Waals surface area contributed by atoms with Crippen molar-refractivity contribution in [3.05, 3.63) is 78.6 Å². The first-order chi connectivity index (χ1) is 13.4. The van der Waals surface area contributed by atoms with Crippen molar-refractivity contribution in [3.63, 3.8) is 0 Å². The lowest BCUT2D eigenvalue weighted by atomic mass is 10.1. The molecule has 1 N–H and O–H groups in total. The van der Waals surface area contributed by atoms with Gasteiger partial charge in [0, 0.05) is 18.9 Å². The van der Waals surface area contributed by atoms with Crippen molar-refractivity contribution < 1.29 is 17.6 Å². The summed E-state index contributed by atoms with van der Waals surface area (Å²) in [5.41, 5.74) is 1.50. The third kappa shape index (κ3) is 4.55. The number of halogens is 1. The van der Waals surface area contributed by atoms with Crippen LogP contribution in [0.1, 0.15) is 5.56 Å². The Morgan fingerprint density at radius 2 is 1.89 bits per heavy atom. The molecule has 1 aromatic heterocycles. The number of imidazole rings is 1. The third-order valence-electron chi connectivity index (χ3n) is 4.06. The summed E-state index contributed by atoms with van der Waals surface area (Å²) in [6.45, 7) is -0.338. The third-order valence-corrected chi connectivity index (χ3v) is 5.19. The van der Waals surface area contributed by atoms with Gasteiger partial charge in [0.25, 0.3) is 0 Å². The first-order valence-electron chi connectivity index (χ1n) is 8.41. The first kappa shape index (κ1) is 19.6. The SMILES string of the molecule is CS(=O)(=O)N(CC(=O)NCc1ccccc1-n1ccnc1)c1ccccc1F. The molecule has 0 atom stereocenters. The van der Waals surface area contributed by atoms with Gasteiger partial charge in [-0.2, -0.15) is 0 Å².